The summed E-state index contributed by atoms with van der Waals surface area (Å²) in [6.07, 6.45) is 12.5. The Balaban J connectivity index is 0.000000789. The summed E-state index contributed by atoms with van der Waals surface area (Å²) < 4.78 is 11.6. The lowest BCUT2D eigenvalue weighted by Gasteiger charge is -2.19. The first kappa shape index (κ1) is 20.4. The van der Waals surface area contributed by atoms with Gasteiger partial charge in [-0.2, -0.15) is 0 Å². The van der Waals surface area contributed by atoms with Crippen molar-refractivity contribution in [3.63, 3.8) is 0 Å². The maximum atomic E-state index is 11.6. The van der Waals surface area contributed by atoms with Gasteiger partial charge in [-0.25, -0.2) is 0 Å². The fourth-order valence-corrected chi connectivity index (χ4v) is 2.75. The smallest absolute Gasteiger partial charge is 0.0569 e. The van der Waals surface area contributed by atoms with Gasteiger partial charge in [0.05, 0.1) is 5.25 Å². The predicted octanol–water partition coefficient (Wildman–Crippen LogP) is 5.12. The van der Waals surface area contributed by atoms with Crippen LogP contribution in [0, 0.1) is 11.8 Å². The van der Waals surface area contributed by atoms with Crippen molar-refractivity contribution in [1.82, 2.24) is 0 Å². The maximum absolute atomic E-state index is 11.6. The van der Waals surface area contributed by atoms with Gasteiger partial charge < -0.3 is 0 Å². The van der Waals surface area contributed by atoms with E-state index < -0.39 is 10.8 Å². The van der Waals surface area contributed by atoms with E-state index in [2.05, 4.69) is 31.4 Å². The summed E-state index contributed by atoms with van der Waals surface area (Å²) in [5, 5.41) is 0.131. The molecule has 2 rings (SSSR count). The van der Waals surface area contributed by atoms with Crippen molar-refractivity contribution in [2.45, 2.75) is 46.3 Å². The topological polar surface area (TPSA) is 17.1 Å². The van der Waals surface area contributed by atoms with Gasteiger partial charge in [0.25, 0.3) is 0 Å². The second-order valence-corrected chi connectivity index (χ2v) is 6.32. The standard InChI is InChI=1S/C15H16OS.C3H6.C2H6/c1-4-12-5-6-13-7-8-14(17(3)16)10-15(13)11(2)9-12;1-3-2;1-2/h4,7-9,14H,10H2,1-3H3;3H,1H2,2H3;1-2H3/b12-4-;;. The summed E-state index contributed by atoms with van der Waals surface area (Å²) in [6.45, 7) is 13.3. The molecule has 0 heterocycles. The molecular weight excluding hydrogens is 288 g/mol. The molecule has 0 saturated heterocycles. The van der Waals surface area contributed by atoms with Gasteiger partial charge in [-0.3, -0.25) is 4.21 Å². The van der Waals surface area contributed by atoms with Crippen LogP contribution >= 0.6 is 0 Å². The van der Waals surface area contributed by atoms with Gasteiger partial charge >= 0.3 is 0 Å². The molecule has 0 aromatic heterocycles. The van der Waals surface area contributed by atoms with E-state index in [4.69, 9.17) is 0 Å². The van der Waals surface area contributed by atoms with E-state index in [1.54, 1.807) is 12.3 Å². The summed E-state index contributed by atoms with van der Waals surface area (Å²) in [4.78, 5) is 0. The largest absolute Gasteiger partial charge is 0.259 e. The SMILES string of the molecule is C/C=C1/C#CC2=C(CC(S(C)=O)C=C2)C(C)=C1.C=CC.CC. The molecule has 2 aliphatic carbocycles. The van der Waals surface area contributed by atoms with Gasteiger partial charge in [-0.15, -0.1) is 6.58 Å². The molecule has 0 bridgehead atoms. The molecule has 2 heteroatoms. The molecule has 120 valence electrons. The fourth-order valence-electron chi connectivity index (χ4n) is 2.05. The van der Waals surface area contributed by atoms with E-state index in [0.717, 1.165) is 17.6 Å². The number of hydrogen-bond donors (Lipinski definition) is 0. The first-order valence-corrected chi connectivity index (χ1v) is 9.33. The zero-order valence-electron chi connectivity index (χ0n) is 14.7. The van der Waals surface area contributed by atoms with E-state index in [1.165, 1.54) is 11.1 Å². The average Bonchev–Trinajstić information content (AvgIpc) is 2.69. The number of hydrogen-bond acceptors (Lipinski definition) is 1. The van der Waals surface area contributed by atoms with Crippen molar-refractivity contribution in [2.24, 2.45) is 0 Å². The summed E-state index contributed by atoms with van der Waals surface area (Å²) in [7, 11) is -0.809. The molecule has 22 heavy (non-hydrogen) atoms. The number of rotatable bonds is 1. The van der Waals surface area contributed by atoms with Gasteiger partial charge in [-0.05, 0) is 50.5 Å². The fraction of sp³-hybridized carbons (Fsp3) is 0.400. The lowest BCUT2D eigenvalue weighted by molar-refractivity contribution is 0.680. The lowest BCUT2D eigenvalue weighted by atomic mass is 9.92. The minimum atomic E-state index is -0.809. The Morgan fingerprint density at radius 3 is 2.41 bits per heavy atom. The van der Waals surface area contributed by atoms with Crippen LogP contribution in [0.15, 0.2) is 59.3 Å². The molecule has 2 unspecified atom stereocenters. The third-order valence-electron chi connectivity index (χ3n) is 3.13. The van der Waals surface area contributed by atoms with Crippen molar-refractivity contribution < 1.29 is 4.21 Å². The van der Waals surface area contributed by atoms with Crippen LogP contribution in [0.2, 0.25) is 0 Å². The van der Waals surface area contributed by atoms with Crippen LogP contribution in [0.5, 0.6) is 0 Å². The van der Waals surface area contributed by atoms with Crippen LogP contribution in [-0.2, 0) is 10.8 Å². The summed E-state index contributed by atoms with van der Waals surface area (Å²) in [6, 6.07) is 0. The summed E-state index contributed by atoms with van der Waals surface area (Å²) >= 11 is 0. The number of allylic oxidation sites excluding steroid dienone is 8. The Labute approximate surface area is 139 Å². The Hall–Kier alpha value is -1.59. The van der Waals surface area contributed by atoms with Crippen molar-refractivity contribution in [1.29, 1.82) is 0 Å². The molecule has 0 amide bonds. The molecule has 0 aliphatic heterocycles. The monoisotopic (exact) mass is 316 g/mol. The Morgan fingerprint density at radius 1 is 1.32 bits per heavy atom. The second-order valence-electron chi connectivity index (χ2n) is 4.72. The van der Waals surface area contributed by atoms with Crippen LogP contribution in [0.25, 0.3) is 0 Å². The second kappa shape index (κ2) is 11.0. The normalized spacial score (nSPS) is 21.6. The average molecular weight is 317 g/mol. The van der Waals surface area contributed by atoms with Crippen LogP contribution in [0.4, 0.5) is 0 Å². The van der Waals surface area contributed by atoms with Crippen LogP contribution in [-0.4, -0.2) is 15.7 Å². The minimum absolute atomic E-state index is 0.131. The molecule has 0 aromatic carbocycles. The third-order valence-corrected chi connectivity index (χ3v) is 4.31. The Bertz CT molecular complexity index is 589. The highest BCUT2D eigenvalue weighted by molar-refractivity contribution is 7.85. The van der Waals surface area contributed by atoms with E-state index in [9.17, 15) is 4.21 Å². The minimum Gasteiger partial charge on any atom is -0.259 e. The molecule has 0 N–H and O–H groups in total. The molecule has 2 atom stereocenters. The van der Waals surface area contributed by atoms with E-state index in [0.29, 0.717) is 0 Å². The first-order chi connectivity index (χ1) is 10.5. The van der Waals surface area contributed by atoms with E-state index in [1.807, 2.05) is 45.9 Å². The highest BCUT2D eigenvalue weighted by Crippen LogP contribution is 2.29. The van der Waals surface area contributed by atoms with Crippen molar-refractivity contribution in [2.75, 3.05) is 6.26 Å². The van der Waals surface area contributed by atoms with Gasteiger partial charge in [0.1, 0.15) is 0 Å². The molecule has 0 radical (unpaired) electrons. The highest BCUT2D eigenvalue weighted by atomic mass is 32.2. The van der Waals surface area contributed by atoms with Crippen molar-refractivity contribution in [3.05, 3.63) is 59.3 Å². The van der Waals surface area contributed by atoms with Crippen molar-refractivity contribution in [3.8, 4) is 11.8 Å². The van der Waals surface area contributed by atoms with Crippen LogP contribution < -0.4 is 0 Å². The van der Waals surface area contributed by atoms with Crippen molar-refractivity contribution >= 4 is 10.8 Å². The van der Waals surface area contributed by atoms with Gasteiger partial charge in [0.15, 0.2) is 0 Å². The summed E-state index contributed by atoms with van der Waals surface area (Å²) in [5.41, 5.74) is 4.61. The maximum Gasteiger partial charge on any atom is 0.0569 e. The Kier molecular flexibility index (Phi) is 10.2. The van der Waals surface area contributed by atoms with Gasteiger partial charge in [0.2, 0.25) is 0 Å². The molecule has 0 spiro atoms. The highest BCUT2D eigenvalue weighted by Gasteiger charge is 2.20. The van der Waals surface area contributed by atoms with Crippen LogP contribution in [0.1, 0.15) is 41.0 Å². The van der Waals surface area contributed by atoms with Crippen LogP contribution in [0.3, 0.4) is 0 Å². The van der Waals surface area contributed by atoms with E-state index in [-0.39, 0.29) is 5.25 Å². The van der Waals surface area contributed by atoms with Gasteiger partial charge in [-0.1, -0.05) is 43.9 Å². The first-order valence-electron chi connectivity index (χ1n) is 7.71. The molecular formula is C20H28OS. The molecule has 2 aliphatic rings. The molecule has 0 saturated carbocycles. The lowest BCUT2D eigenvalue weighted by Crippen LogP contribution is -2.16. The van der Waals surface area contributed by atoms with E-state index >= 15 is 0 Å². The molecule has 0 aromatic rings. The zero-order valence-corrected chi connectivity index (χ0v) is 15.5. The Morgan fingerprint density at radius 2 is 1.91 bits per heavy atom. The quantitative estimate of drug-likeness (QED) is 0.485. The van der Waals surface area contributed by atoms with Gasteiger partial charge in [0, 0.05) is 28.2 Å². The zero-order chi connectivity index (χ0) is 17.1. The predicted molar refractivity (Wildman–Crippen MR) is 101 cm³/mol. The summed E-state index contributed by atoms with van der Waals surface area (Å²) in [5.74, 6) is 6.35. The molecule has 0 fully saturated rings. The molecule has 1 nitrogen and oxygen atoms in total. The third kappa shape index (κ3) is 6.03.